The first-order valence-electron chi connectivity index (χ1n) is 7.67. The second-order valence-electron chi connectivity index (χ2n) is 5.77. The largest absolute Gasteiger partial charge is 0.464 e. The zero-order valence-electron chi connectivity index (χ0n) is 13.5. The van der Waals surface area contributed by atoms with E-state index < -0.39 is 0 Å². The van der Waals surface area contributed by atoms with Gasteiger partial charge in [0.2, 0.25) is 11.8 Å². The zero-order valence-corrected chi connectivity index (χ0v) is 14.4. The van der Waals surface area contributed by atoms with Crippen molar-refractivity contribution in [1.82, 2.24) is 10.2 Å². The van der Waals surface area contributed by atoms with Crippen molar-refractivity contribution in [3.8, 4) is 0 Å². The Bertz CT molecular complexity index is 811. The summed E-state index contributed by atoms with van der Waals surface area (Å²) >= 11 is 0.992. The molecule has 3 amide bonds. The smallest absolute Gasteiger partial charge is 0.288 e. The highest BCUT2D eigenvalue weighted by molar-refractivity contribution is 8.14. The van der Waals surface area contributed by atoms with E-state index in [4.69, 9.17) is 4.42 Å². The van der Waals surface area contributed by atoms with E-state index in [1.807, 2.05) is 26.0 Å². The van der Waals surface area contributed by atoms with Crippen molar-refractivity contribution >= 4 is 39.8 Å². The molecule has 0 radical (unpaired) electrons. The third kappa shape index (κ3) is 3.17. The molecular formula is C17H18N2O4S. The van der Waals surface area contributed by atoms with Crippen LogP contribution in [0.15, 0.2) is 22.8 Å². The van der Waals surface area contributed by atoms with Gasteiger partial charge >= 0.3 is 0 Å². The maximum Gasteiger partial charge on any atom is 0.288 e. The van der Waals surface area contributed by atoms with Gasteiger partial charge in [0.05, 0.1) is 18.4 Å². The van der Waals surface area contributed by atoms with E-state index in [-0.39, 0.29) is 42.3 Å². The molecule has 7 heteroatoms. The lowest BCUT2D eigenvalue weighted by molar-refractivity contribution is -0.125. The predicted molar refractivity (Wildman–Crippen MR) is 92.0 cm³/mol. The minimum atomic E-state index is -0.249. The number of hydrogen-bond acceptors (Lipinski definition) is 5. The SMILES string of the molecule is Cc1ccc2c(CC(=O)NCCN3C(=O)CSC3=O)coc2c1C. The molecule has 1 aromatic heterocycles. The summed E-state index contributed by atoms with van der Waals surface area (Å²) in [5, 5.41) is 3.43. The first kappa shape index (κ1) is 16.6. The molecule has 1 aliphatic heterocycles. The lowest BCUT2D eigenvalue weighted by Gasteiger charge is -2.12. The number of amides is 3. The summed E-state index contributed by atoms with van der Waals surface area (Å²) in [6, 6.07) is 3.97. The molecule has 0 aliphatic carbocycles. The first-order valence-corrected chi connectivity index (χ1v) is 8.66. The van der Waals surface area contributed by atoms with Gasteiger partial charge in [0.25, 0.3) is 5.24 Å². The molecular weight excluding hydrogens is 328 g/mol. The second-order valence-corrected chi connectivity index (χ2v) is 6.70. The Labute approximate surface area is 143 Å². The van der Waals surface area contributed by atoms with Crippen LogP contribution in [0.3, 0.4) is 0 Å². The number of hydrogen-bond donors (Lipinski definition) is 1. The van der Waals surface area contributed by atoms with Crippen molar-refractivity contribution in [2.24, 2.45) is 0 Å². The normalized spacial score (nSPS) is 14.7. The van der Waals surface area contributed by atoms with E-state index in [0.29, 0.717) is 0 Å². The van der Waals surface area contributed by atoms with Gasteiger partial charge < -0.3 is 9.73 Å². The molecule has 3 rings (SSSR count). The average molecular weight is 346 g/mol. The second kappa shape index (κ2) is 6.68. The van der Waals surface area contributed by atoms with Crippen molar-refractivity contribution in [3.63, 3.8) is 0 Å². The van der Waals surface area contributed by atoms with Crippen LogP contribution in [-0.4, -0.2) is 40.8 Å². The number of benzene rings is 1. The van der Waals surface area contributed by atoms with Crippen LogP contribution >= 0.6 is 11.8 Å². The number of furan rings is 1. The molecule has 1 aliphatic rings. The summed E-state index contributed by atoms with van der Waals surface area (Å²) < 4.78 is 5.60. The van der Waals surface area contributed by atoms with Gasteiger partial charge in [-0.1, -0.05) is 23.9 Å². The molecule has 1 N–H and O–H groups in total. The Kier molecular flexibility index (Phi) is 4.62. The number of aryl methyl sites for hydroxylation is 2. The average Bonchev–Trinajstić information content (AvgIpc) is 3.09. The summed E-state index contributed by atoms with van der Waals surface area (Å²) in [6.45, 7) is 4.47. The number of nitrogens with zero attached hydrogens (tertiary/aromatic N) is 1. The number of nitrogens with one attached hydrogen (secondary N) is 1. The van der Waals surface area contributed by atoms with Crippen molar-refractivity contribution in [1.29, 1.82) is 0 Å². The topological polar surface area (TPSA) is 79.6 Å². The van der Waals surface area contributed by atoms with Crippen LogP contribution in [0, 0.1) is 13.8 Å². The Hall–Kier alpha value is -2.28. The fraction of sp³-hybridized carbons (Fsp3) is 0.353. The van der Waals surface area contributed by atoms with Gasteiger partial charge in [0.15, 0.2) is 0 Å². The highest BCUT2D eigenvalue weighted by Crippen LogP contribution is 2.26. The number of carbonyl (C=O) groups is 3. The Morgan fingerprint density at radius 2 is 2.12 bits per heavy atom. The maximum atomic E-state index is 12.1. The molecule has 1 aromatic carbocycles. The van der Waals surface area contributed by atoms with Crippen LogP contribution < -0.4 is 5.32 Å². The number of rotatable bonds is 5. The Balaban J connectivity index is 1.58. The fourth-order valence-electron chi connectivity index (χ4n) is 2.66. The molecule has 2 aromatic rings. The van der Waals surface area contributed by atoms with Crippen LogP contribution in [0.1, 0.15) is 16.7 Å². The van der Waals surface area contributed by atoms with Crippen LogP contribution in [0.2, 0.25) is 0 Å². The zero-order chi connectivity index (χ0) is 17.3. The lowest BCUT2D eigenvalue weighted by atomic mass is 10.0. The van der Waals surface area contributed by atoms with Gasteiger partial charge in [-0.05, 0) is 25.0 Å². The summed E-state index contributed by atoms with van der Waals surface area (Å²) in [5.74, 6) is -0.180. The van der Waals surface area contributed by atoms with Crippen molar-refractivity contribution in [2.45, 2.75) is 20.3 Å². The van der Waals surface area contributed by atoms with Gasteiger partial charge in [-0.15, -0.1) is 0 Å². The third-order valence-corrected chi connectivity index (χ3v) is 5.05. The molecule has 0 spiro atoms. The summed E-state index contributed by atoms with van der Waals surface area (Å²) in [4.78, 5) is 36.2. The minimum Gasteiger partial charge on any atom is -0.464 e. The molecule has 0 bridgehead atoms. The summed E-state index contributed by atoms with van der Waals surface area (Å²) in [5.41, 5.74) is 3.85. The standard InChI is InChI=1S/C17H18N2O4S/c1-10-3-4-13-12(8-23-16(13)11(10)2)7-14(20)18-5-6-19-15(21)9-24-17(19)22/h3-4,8H,5-7,9H2,1-2H3,(H,18,20). The third-order valence-electron chi connectivity index (χ3n) is 4.19. The molecule has 2 heterocycles. The number of imide groups is 1. The van der Waals surface area contributed by atoms with E-state index >= 15 is 0 Å². The molecule has 24 heavy (non-hydrogen) atoms. The first-order chi connectivity index (χ1) is 11.5. The van der Waals surface area contributed by atoms with Crippen LogP contribution in [0.4, 0.5) is 4.79 Å². The quantitative estimate of drug-likeness (QED) is 0.899. The van der Waals surface area contributed by atoms with Crippen LogP contribution in [0.25, 0.3) is 11.0 Å². The number of thioether (sulfide) groups is 1. The molecule has 1 saturated heterocycles. The van der Waals surface area contributed by atoms with Crippen LogP contribution in [-0.2, 0) is 16.0 Å². The van der Waals surface area contributed by atoms with Gasteiger partial charge in [0, 0.05) is 24.0 Å². The fourth-order valence-corrected chi connectivity index (χ4v) is 3.42. The summed E-state index contributed by atoms with van der Waals surface area (Å²) in [7, 11) is 0. The van der Waals surface area contributed by atoms with Crippen LogP contribution in [0.5, 0.6) is 0 Å². The number of fused-ring (bicyclic) bond motifs is 1. The van der Waals surface area contributed by atoms with Gasteiger partial charge in [-0.25, -0.2) is 0 Å². The molecule has 0 unspecified atom stereocenters. The van der Waals surface area contributed by atoms with Crippen molar-refractivity contribution < 1.29 is 18.8 Å². The van der Waals surface area contributed by atoms with Gasteiger partial charge in [-0.3, -0.25) is 19.3 Å². The van der Waals surface area contributed by atoms with E-state index in [1.165, 1.54) is 4.90 Å². The van der Waals surface area contributed by atoms with Gasteiger partial charge in [-0.2, -0.15) is 0 Å². The molecule has 0 atom stereocenters. The molecule has 0 saturated carbocycles. The van der Waals surface area contributed by atoms with E-state index in [2.05, 4.69) is 5.32 Å². The number of carbonyl (C=O) groups excluding carboxylic acids is 3. The molecule has 126 valence electrons. The van der Waals surface area contributed by atoms with E-state index in [1.54, 1.807) is 6.26 Å². The monoisotopic (exact) mass is 346 g/mol. The molecule has 6 nitrogen and oxygen atoms in total. The maximum absolute atomic E-state index is 12.1. The van der Waals surface area contributed by atoms with E-state index in [9.17, 15) is 14.4 Å². The van der Waals surface area contributed by atoms with Gasteiger partial charge in [0.1, 0.15) is 5.58 Å². The Morgan fingerprint density at radius 1 is 1.33 bits per heavy atom. The van der Waals surface area contributed by atoms with Crippen molar-refractivity contribution in [3.05, 3.63) is 35.1 Å². The van der Waals surface area contributed by atoms with Crippen molar-refractivity contribution in [2.75, 3.05) is 18.8 Å². The minimum absolute atomic E-state index is 0.164. The summed E-state index contributed by atoms with van der Waals surface area (Å²) in [6.07, 6.45) is 1.81. The highest BCUT2D eigenvalue weighted by atomic mass is 32.2. The molecule has 1 fully saturated rings. The lowest BCUT2D eigenvalue weighted by Crippen LogP contribution is -2.37. The highest BCUT2D eigenvalue weighted by Gasteiger charge is 2.29. The Morgan fingerprint density at radius 3 is 2.83 bits per heavy atom. The van der Waals surface area contributed by atoms with E-state index in [0.717, 1.165) is 39.4 Å². The predicted octanol–water partition coefficient (Wildman–Crippen LogP) is 2.40.